The summed E-state index contributed by atoms with van der Waals surface area (Å²) in [7, 11) is 0. The Morgan fingerprint density at radius 2 is 2.08 bits per heavy atom. The average Bonchev–Trinajstić information content (AvgIpc) is 2.63. The number of amides is 1. The van der Waals surface area contributed by atoms with Gasteiger partial charge in [0.1, 0.15) is 5.82 Å². The molecule has 3 rings (SSSR count). The first-order chi connectivity index (χ1) is 12.1. The maximum atomic E-state index is 13.2. The maximum Gasteiger partial charge on any atom is 0.257 e. The predicted molar refractivity (Wildman–Crippen MR) is 93.7 cm³/mol. The number of nitrogens with one attached hydrogen (secondary N) is 1. The Kier molecular flexibility index (Phi) is 5.73. The van der Waals surface area contributed by atoms with Crippen molar-refractivity contribution < 1.29 is 14.3 Å². The lowest BCUT2D eigenvalue weighted by molar-refractivity contribution is 0.102. The number of hydrogen-bond acceptors (Lipinski definition) is 4. The average molecular weight is 343 g/mol. The topological polar surface area (TPSA) is 65.5 Å². The molecule has 6 heteroatoms. The molecule has 1 aromatic heterocycles. The van der Waals surface area contributed by atoms with Crippen LogP contribution in [0.2, 0.25) is 0 Å². The zero-order valence-electron chi connectivity index (χ0n) is 14.0. The highest BCUT2D eigenvalue weighted by atomic mass is 19.1. The molecule has 0 atom stereocenters. The number of halogens is 1. The highest BCUT2D eigenvalue weighted by Crippen LogP contribution is 2.20. The Bertz CT molecular complexity index is 730. The molecule has 0 aliphatic carbocycles. The molecule has 0 spiro atoms. The van der Waals surface area contributed by atoms with E-state index in [0.717, 1.165) is 50.3 Å². The molecule has 1 aromatic carbocycles. The van der Waals surface area contributed by atoms with Crippen LogP contribution in [0.1, 0.15) is 28.8 Å². The summed E-state index contributed by atoms with van der Waals surface area (Å²) in [5.41, 5.74) is 1.98. The van der Waals surface area contributed by atoms with E-state index in [1.807, 2.05) is 24.3 Å². The van der Waals surface area contributed by atoms with E-state index < -0.39 is 5.82 Å². The summed E-state index contributed by atoms with van der Waals surface area (Å²) in [6, 6.07) is 8.83. The smallest absolute Gasteiger partial charge is 0.257 e. The third-order valence-electron chi connectivity index (χ3n) is 4.52. The van der Waals surface area contributed by atoms with Gasteiger partial charge in [0.05, 0.1) is 11.8 Å². The van der Waals surface area contributed by atoms with Crippen molar-refractivity contribution in [3.05, 3.63) is 59.7 Å². The van der Waals surface area contributed by atoms with Crippen LogP contribution in [0.15, 0.2) is 42.7 Å². The summed E-state index contributed by atoms with van der Waals surface area (Å²) < 4.78 is 13.2. The van der Waals surface area contributed by atoms with Gasteiger partial charge in [-0.15, -0.1) is 0 Å². The second-order valence-corrected chi connectivity index (χ2v) is 6.45. The van der Waals surface area contributed by atoms with E-state index in [0.29, 0.717) is 11.6 Å². The third-order valence-corrected chi connectivity index (χ3v) is 4.52. The van der Waals surface area contributed by atoms with Gasteiger partial charge >= 0.3 is 0 Å². The molecule has 2 N–H and O–H groups in total. The summed E-state index contributed by atoms with van der Waals surface area (Å²) in [6.45, 7) is 3.02. The number of aliphatic hydroxyl groups is 1. The Labute approximate surface area is 146 Å². The first kappa shape index (κ1) is 17.5. The Balaban J connectivity index is 1.61. The fourth-order valence-corrected chi connectivity index (χ4v) is 3.07. The van der Waals surface area contributed by atoms with Crippen LogP contribution in [0, 0.1) is 11.7 Å². The van der Waals surface area contributed by atoms with Crippen LogP contribution >= 0.6 is 0 Å². The second-order valence-electron chi connectivity index (χ2n) is 6.45. The van der Waals surface area contributed by atoms with Crippen LogP contribution in [-0.4, -0.2) is 40.6 Å². The number of carbonyl (C=O) groups is 1. The molecule has 0 unspecified atom stereocenters. The Morgan fingerprint density at radius 3 is 2.80 bits per heavy atom. The normalized spacial score (nSPS) is 15.9. The number of anilines is 1. The first-order valence-corrected chi connectivity index (χ1v) is 8.48. The molecule has 0 radical (unpaired) electrons. The van der Waals surface area contributed by atoms with Gasteiger partial charge < -0.3 is 10.4 Å². The van der Waals surface area contributed by atoms with Gasteiger partial charge in [-0.1, -0.05) is 12.1 Å². The second kappa shape index (κ2) is 8.18. The van der Waals surface area contributed by atoms with Crippen molar-refractivity contribution in [2.45, 2.75) is 19.4 Å². The van der Waals surface area contributed by atoms with Gasteiger partial charge in [0.25, 0.3) is 5.91 Å². The number of nitrogens with zero attached hydrogens (tertiary/aromatic N) is 2. The van der Waals surface area contributed by atoms with Crippen molar-refractivity contribution >= 4 is 11.6 Å². The fraction of sp³-hybridized carbons (Fsp3) is 0.368. The lowest BCUT2D eigenvalue weighted by Gasteiger charge is -2.31. The number of hydrogen-bond donors (Lipinski definition) is 2. The van der Waals surface area contributed by atoms with Crippen LogP contribution in [0.5, 0.6) is 0 Å². The Morgan fingerprint density at radius 1 is 1.28 bits per heavy atom. The summed E-state index contributed by atoms with van der Waals surface area (Å²) in [6.07, 6.45) is 4.43. The van der Waals surface area contributed by atoms with Crippen LogP contribution in [-0.2, 0) is 6.54 Å². The number of likely N-dealkylation sites (tertiary alicyclic amines) is 1. The van der Waals surface area contributed by atoms with Gasteiger partial charge in [0.2, 0.25) is 0 Å². The summed E-state index contributed by atoms with van der Waals surface area (Å²) in [5.74, 6) is -0.498. The lowest BCUT2D eigenvalue weighted by Crippen LogP contribution is -2.34. The van der Waals surface area contributed by atoms with Crippen molar-refractivity contribution in [1.82, 2.24) is 9.88 Å². The number of aromatic nitrogens is 1. The van der Waals surface area contributed by atoms with Gasteiger partial charge in [0.15, 0.2) is 0 Å². The zero-order chi connectivity index (χ0) is 17.6. The molecule has 1 aliphatic rings. The number of rotatable bonds is 5. The number of pyridine rings is 1. The van der Waals surface area contributed by atoms with E-state index in [9.17, 15) is 14.3 Å². The molecule has 1 saturated heterocycles. The molecule has 2 aromatic rings. The molecular weight excluding hydrogens is 321 g/mol. The summed E-state index contributed by atoms with van der Waals surface area (Å²) >= 11 is 0. The van der Waals surface area contributed by atoms with E-state index >= 15 is 0 Å². The van der Waals surface area contributed by atoms with E-state index in [4.69, 9.17) is 0 Å². The van der Waals surface area contributed by atoms with Crippen LogP contribution in [0.25, 0.3) is 0 Å². The van der Waals surface area contributed by atoms with Gasteiger partial charge in [0, 0.05) is 25.0 Å². The SMILES string of the molecule is O=C(Nc1cccc(CN2CCC(CO)CC2)c1)c1cncc(F)c1. The van der Waals surface area contributed by atoms with E-state index in [-0.39, 0.29) is 18.1 Å². The molecule has 0 saturated carbocycles. The molecule has 25 heavy (non-hydrogen) atoms. The molecule has 2 heterocycles. The lowest BCUT2D eigenvalue weighted by atomic mass is 9.97. The van der Waals surface area contributed by atoms with Crippen molar-refractivity contribution in [3.63, 3.8) is 0 Å². The quantitative estimate of drug-likeness (QED) is 0.876. The largest absolute Gasteiger partial charge is 0.396 e. The predicted octanol–water partition coefficient (Wildman–Crippen LogP) is 2.68. The van der Waals surface area contributed by atoms with Crippen molar-refractivity contribution in [3.8, 4) is 0 Å². The zero-order valence-corrected chi connectivity index (χ0v) is 14.0. The number of carbonyl (C=O) groups excluding carboxylic acids is 1. The first-order valence-electron chi connectivity index (χ1n) is 8.48. The molecule has 1 amide bonds. The molecule has 0 bridgehead atoms. The molecule has 1 aliphatic heterocycles. The van der Waals surface area contributed by atoms with E-state index in [1.54, 1.807) is 0 Å². The summed E-state index contributed by atoms with van der Waals surface area (Å²) in [4.78, 5) is 18.2. The van der Waals surface area contributed by atoms with Crippen molar-refractivity contribution in [1.29, 1.82) is 0 Å². The molecule has 1 fully saturated rings. The number of aliphatic hydroxyl groups excluding tert-OH is 1. The van der Waals surface area contributed by atoms with Gasteiger partial charge in [-0.25, -0.2) is 4.39 Å². The summed E-state index contributed by atoms with van der Waals surface area (Å²) in [5, 5.41) is 12.0. The van der Waals surface area contributed by atoms with Crippen LogP contribution < -0.4 is 5.32 Å². The molecule has 5 nitrogen and oxygen atoms in total. The minimum atomic E-state index is -0.535. The number of piperidine rings is 1. The minimum absolute atomic E-state index is 0.191. The van der Waals surface area contributed by atoms with Crippen LogP contribution in [0.3, 0.4) is 0 Å². The van der Waals surface area contributed by atoms with Crippen molar-refractivity contribution in [2.24, 2.45) is 5.92 Å². The molecule has 132 valence electrons. The number of benzene rings is 1. The third kappa shape index (κ3) is 4.84. The standard InChI is InChI=1S/C19H22FN3O2/c20-17-9-16(10-21-11-17)19(25)22-18-3-1-2-15(8-18)12-23-6-4-14(13-24)5-7-23/h1-3,8-11,14,24H,4-7,12-13H2,(H,22,25). The molecular formula is C19H22FN3O2. The monoisotopic (exact) mass is 343 g/mol. The van der Waals surface area contributed by atoms with Gasteiger partial charge in [-0.05, 0) is 55.6 Å². The van der Waals surface area contributed by atoms with E-state index in [2.05, 4.69) is 15.2 Å². The van der Waals surface area contributed by atoms with E-state index in [1.165, 1.54) is 6.20 Å². The van der Waals surface area contributed by atoms with Crippen LogP contribution in [0.4, 0.5) is 10.1 Å². The maximum absolute atomic E-state index is 13.2. The fourth-order valence-electron chi connectivity index (χ4n) is 3.07. The highest BCUT2D eigenvalue weighted by Gasteiger charge is 2.18. The van der Waals surface area contributed by atoms with Gasteiger partial charge in [-0.3, -0.25) is 14.7 Å². The Hall–Kier alpha value is -2.31. The van der Waals surface area contributed by atoms with Gasteiger partial charge in [-0.2, -0.15) is 0 Å². The minimum Gasteiger partial charge on any atom is -0.396 e. The van der Waals surface area contributed by atoms with Crippen molar-refractivity contribution in [2.75, 3.05) is 25.0 Å². The highest BCUT2D eigenvalue weighted by molar-refractivity contribution is 6.04.